The fourth-order valence-corrected chi connectivity index (χ4v) is 6.20. The van der Waals surface area contributed by atoms with Crippen LogP contribution < -0.4 is 16.0 Å². The van der Waals surface area contributed by atoms with Gasteiger partial charge in [-0.25, -0.2) is 0 Å². The van der Waals surface area contributed by atoms with Crippen molar-refractivity contribution in [3.05, 3.63) is 36.0 Å². The second-order valence-corrected chi connectivity index (χ2v) is 13.3. The molecule has 1 aliphatic rings. The number of allylic oxidation sites excluding steroid dienone is 4. The van der Waals surface area contributed by atoms with Gasteiger partial charge in [0.1, 0.15) is 23.2 Å². The summed E-state index contributed by atoms with van der Waals surface area (Å²) < 4.78 is 0. The van der Waals surface area contributed by atoms with E-state index in [2.05, 4.69) is 110 Å². The van der Waals surface area contributed by atoms with E-state index in [4.69, 9.17) is 23.2 Å². The Morgan fingerprint density at radius 2 is 1.79 bits per heavy atom. The molecule has 0 heterocycles. The van der Waals surface area contributed by atoms with Crippen LogP contribution >= 0.6 is 23.2 Å². The quantitative estimate of drug-likeness (QED) is 0.0317. The van der Waals surface area contributed by atoms with Crippen LogP contribution in [-0.4, -0.2) is 74.4 Å². The van der Waals surface area contributed by atoms with Crippen molar-refractivity contribution in [2.75, 3.05) is 52.3 Å². The molecule has 5 unspecified atom stereocenters. The maximum atomic E-state index is 6.18. The van der Waals surface area contributed by atoms with E-state index in [-0.39, 0.29) is 11.5 Å². The zero-order valence-electron chi connectivity index (χ0n) is 28.6. The first kappa shape index (κ1) is 39.7. The third kappa shape index (κ3) is 17.1. The number of halogens is 2. The Labute approximate surface area is 275 Å². The van der Waals surface area contributed by atoms with Crippen molar-refractivity contribution in [2.45, 2.75) is 92.5 Å². The summed E-state index contributed by atoms with van der Waals surface area (Å²) in [5.74, 6) is 4.83. The lowest BCUT2D eigenvalue weighted by molar-refractivity contribution is 0.271. The Morgan fingerprint density at radius 3 is 2.42 bits per heavy atom. The molecule has 0 saturated carbocycles. The highest BCUT2D eigenvalue weighted by Gasteiger charge is 2.29. The van der Waals surface area contributed by atoms with Gasteiger partial charge in [-0.05, 0) is 101 Å². The zero-order chi connectivity index (χ0) is 32.0. The van der Waals surface area contributed by atoms with Crippen LogP contribution in [0.3, 0.4) is 0 Å². The van der Waals surface area contributed by atoms with Crippen molar-refractivity contribution < 1.29 is 0 Å². The summed E-state index contributed by atoms with van der Waals surface area (Å²) in [5, 5.41) is 10.4. The lowest BCUT2D eigenvalue weighted by atomic mass is 9.76. The molecule has 0 aromatic rings. The molecule has 0 fully saturated rings. The lowest BCUT2D eigenvalue weighted by Crippen LogP contribution is -2.36. The molecule has 0 bridgehead atoms. The van der Waals surface area contributed by atoms with Crippen LogP contribution in [0.25, 0.3) is 0 Å². The summed E-state index contributed by atoms with van der Waals surface area (Å²) in [6, 6.07) is 0.289. The van der Waals surface area contributed by atoms with Gasteiger partial charge in [-0.15, -0.1) is 11.6 Å². The number of likely N-dealkylation sites (N-methyl/N-ethyl adjacent to an activating group) is 1. The topological polar surface area (TPSA) is 64.1 Å². The first-order chi connectivity index (χ1) is 20.7. The summed E-state index contributed by atoms with van der Waals surface area (Å²) in [5.41, 5.74) is 1.27. The van der Waals surface area contributed by atoms with Gasteiger partial charge in [-0.3, -0.25) is 14.9 Å². The molecule has 0 saturated heterocycles. The van der Waals surface area contributed by atoms with Gasteiger partial charge in [-0.1, -0.05) is 83.5 Å². The Morgan fingerprint density at radius 1 is 1.07 bits per heavy atom. The van der Waals surface area contributed by atoms with Crippen molar-refractivity contribution >= 4 is 34.9 Å². The predicted molar refractivity (Wildman–Crippen MR) is 193 cm³/mol. The summed E-state index contributed by atoms with van der Waals surface area (Å²) in [6.07, 6.45) is 18.8. The molecule has 3 N–H and O–H groups in total. The van der Waals surface area contributed by atoms with E-state index in [9.17, 15) is 0 Å². The first-order valence-corrected chi connectivity index (χ1v) is 17.9. The number of hydrogen-bond acceptors (Lipinski definition) is 4. The number of nitrogens with zero attached hydrogens (tertiary/aromatic N) is 3. The number of alkyl halides is 2. The summed E-state index contributed by atoms with van der Waals surface area (Å²) >= 11 is 12.1. The lowest BCUT2D eigenvalue weighted by Gasteiger charge is -2.29. The molecule has 5 atom stereocenters. The number of rotatable bonds is 20. The van der Waals surface area contributed by atoms with Crippen molar-refractivity contribution in [2.24, 2.45) is 39.6 Å². The van der Waals surface area contributed by atoms with E-state index in [0.29, 0.717) is 29.6 Å². The fourth-order valence-electron chi connectivity index (χ4n) is 5.94. The molecule has 1 rings (SSSR count). The zero-order valence-corrected chi connectivity index (χ0v) is 30.2. The van der Waals surface area contributed by atoms with Crippen LogP contribution in [0.1, 0.15) is 87.0 Å². The van der Waals surface area contributed by atoms with Gasteiger partial charge in [0, 0.05) is 13.1 Å². The third-order valence-electron chi connectivity index (χ3n) is 8.20. The molecule has 0 amide bonds. The van der Waals surface area contributed by atoms with E-state index < -0.39 is 0 Å². The standard InChI is InChI=1S/C35H64Cl2N6/c1-9-19-38-24-34(41-26-36)39-21-14-16-31-17-18-32(28(6)23-33(31)27(4)5)30(11-3)15-12-13-20-40-35(42-29(7)37)25-43(8)22-10-2/h12,15-18,27-30,32-33,38H,9-11,13-14,19-26H2,1-8H3,(H,39,41)(H,40,42)/b15-12-,31-16-. The minimum absolute atomic E-state index is 0.221. The molecule has 0 aromatic carbocycles. The third-order valence-corrected chi connectivity index (χ3v) is 8.41. The Hall–Kier alpha value is -1.34. The van der Waals surface area contributed by atoms with Crippen LogP contribution in [-0.2, 0) is 0 Å². The van der Waals surface area contributed by atoms with Gasteiger partial charge in [0.2, 0.25) is 0 Å². The van der Waals surface area contributed by atoms with Gasteiger partial charge < -0.3 is 16.0 Å². The van der Waals surface area contributed by atoms with E-state index in [1.54, 1.807) is 0 Å². The molecule has 8 heteroatoms. The molecule has 0 radical (unpaired) electrons. The molecule has 1 aliphatic carbocycles. The fraction of sp³-hybridized carbons (Fsp3) is 0.771. The van der Waals surface area contributed by atoms with Crippen LogP contribution in [0.2, 0.25) is 0 Å². The number of hydrogen-bond donors (Lipinski definition) is 3. The largest absolute Gasteiger partial charge is 0.372 e. The monoisotopic (exact) mass is 638 g/mol. The summed E-state index contributed by atoms with van der Waals surface area (Å²) in [7, 11) is 2.13. The van der Waals surface area contributed by atoms with Gasteiger partial charge in [0.05, 0.1) is 13.1 Å². The minimum atomic E-state index is -0.221. The number of aliphatic imine (C=N–C) groups is 2. The average Bonchev–Trinajstić information content (AvgIpc) is 3.11. The van der Waals surface area contributed by atoms with Crippen LogP contribution in [0, 0.1) is 29.6 Å². The Balaban J connectivity index is 2.83. The van der Waals surface area contributed by atoms with Crippen molar-refractivity contribution in [3.63, 3.8) is 0 Å². The minimum Gasteiger partial charge on any atom is -0.372 e. The molecular weight excluding hydrogens is 575 g/mol. The molecule has 0 spiro atoms. The van der Waals surface area contributed by atoms with Gasteiger partial charge in [0.25, 0.3) is 0 Å². The molecule has 248 valence electrons. The summed E-state index contributed by atoms with van der Waals surface area (Å²) in [6.45, 7) is 21.1. The molecular formula is C35H64Cl2N6. The van der Waals surface area contributed by atoms with Crippen molar-refractivity contribution in [3.8, 4) is 0 Å². The normalized spacial score (nSPS) is 22.5. The highest BCUT2D eigenvalue weighted by molar-refractivity contribution is 6.20. The number of nitrogens with one attached hydrogen (secondary N) is 3. The highest BCUT2D eigenvalue weighted by atomic mass is 35.5. The molecule has 0 aliphatic heterocycles. The van der Waals surface area contributed by atoms with Crippen LogP contribution in [0.4, 0.5) is 0 Å². The van der Waals surface area contributed by atoms with E-state index in [1.807, 2.05) is 6.92 Å². The van der Waals surface area contributed by atoms with E-state index in [1.165, 1.54) is 12.0 Å². The molecule has 43 heavy (non-hydrogen) atoms. The molecule has 6 nitrogen and oxygen atoms in total. The maximum Gasteiger partial charge on any atom is 0.123 e. The Bertz CT molecular complexity index is 880. The van der Waals surface area contributed by atoms with Crippen molar-refractivity contribution in [1.29, 1.82) is 0 Å². The van der Waals surface area contributed by atoms with Gasteiger partial charge in [-0.2, -0.15) is 0 Å². The van der Waals surface area contributed by atoms with Crippen molar-refractivity contribution in [1.82, 2.24) is 20.9 Å². The van der Waals surface area contributed by atoms with Gasteiger partial charge in [0.15, 0.2) is 0 Å². The van der Waals surface area contributed by atoms with E-state index >= 15 is 0 Å². The first-order valence-electron chi connectivity index (χ1n) is 16.9. The van der Waals surface area contributed by atoms with Crippen LogP contribution in [0.5, 0.6) is 0 Å². The molecule has 0 aromatic heterocycles. The average molecular weight is 640 g/mol. The highest BCUT2D eigenvalue weighted by Crippen LogP contribution is 2.39. The maximum absolute atomic E-state index is 6.18. The smallest absolute Gasteiger partial charge is 0.123 e. The predicted octanol–water partition coefficient (Wildman–Crippen LogP) is 7.86. The van der Waals surface area contributed by atoms with Crippen LogP contribution in [0.15, 0.2) is 45.9 Å². The second kappa shape index (κ2) is 24.0. The number of amidine groups is 2. The SMILES string of the molecule is CCCNCC(=NCCl)NCC/C=C1/C=CC(C(/C=C\CCNC(CN(C)CCC)=NC(C)Cl)CC)C(C)CC1C(C)C. The summed E-state index contributed by atoms with van der Waals surface area (Å²) in [4.78, 5) is 11.3. The Kier molecular flexibility index (Phi) is 22.1. The van der Waals surface area contributed by atoms with Gasteiger partial charge >= 0.3 is 0 Å². The van der Waals surface area contributed by atoms with E-state index in [0.717, 1.165) is 83.0 Å². The second-order valence-electron chi connectivity index (χ2n) is 12.4.